The molecule has 3 saturated carbocycles. The standard InChI is InChI=1S/C39H47NO8/c1-2-3-8-25-13-15-26(16-14-25)37(42)45-29-21-17-27(18-22-29)38(43)46-30-23-19-28(20-24-30)39(44)48-34-12-7-5-10-32(34)36-40-35(41)31-9-4-6-11-33(31)47-36/h4-7,9-12,25-30H,2-3,8,13-24H2,1H3. The predicted molar refractivity (Wildman–Crippen MR) is 180 cm³/mol. The lowest BCUT2D eigenvalue weighted by Gasteiger charge is -2.32. The van der Waals surface area contributed by atoms with E-state index in [0.717, 1.165) is 31.6 Å². The number of hydrogen-bond donors (Lipinski definition) is 0. The van der Waals surface area contributed by atoms with Crippen LogP contribution in [0.5, 0.6) is 5.75 Å². The van der Waals surface area contributed by atoms with Crippen LogP contribution in [0, 0.1) is 23.7 Å². The van der Waals surface area contributed by atoms with Crippen molar-refractivity contribution in [1.82, 2.24) is 4.98 Å². The number of carbonyl (C=O) groups excluding carboxylic acids is 3. The van der Waals surface area contributed by atoms with Crippen molar-refractivity contribution in [2.45, 2.75) is 115 Å². The van der Waals surface area contributed by atoms with E-state index in [1.165, 1.54) is 19.3 Å². The number of benzene rings is 2. The Hall–Kier alpha value is -4.01. The molecule has 0 atom stereocenters. The van der Waals surface area contributed by atoms with Gasteiger partial charge in [0.15, 0.2) is 0 Å². The van der Waals surface area contributed by atoms with Crippen molar-refractivity contribution in [3.8, 4) is 17.2 Å². The van der Waals surface area contributed by atoms with E-state index in [1.54, 1.807) is 48.5 Å². The Morgan fingerprint density at radius 1 is 0.708 bits per heavy atom. The summed E-state index contributed by atoms with van der Waals surface area (Å²) in [5.41, 5.74) is 0.414. The zero-order valence-electron chi connectivity index (χ0n) is 27.9. The first-order valence-corrected chi connectivity index (χ1v) is 18.0. The molecule has 0 spiro atoms. The van der Waals surface area contributed by atoms with Gasteiger partial charge in [0.05, 0.1) is 28.7 Å². The van der Waals surface area contributed by atoms with Gasteiger partial charge in [0, 0.05) is 0 Å². The largest absolute Gasteiger partial charge is 0.462 e. The number of carbonyl (C=O) groups is 3. The maximum Gasteiger partial charge on any atom is 0.314 e. The molecule has 6 rings (SSSR count). The van der Waals surface area contributed by atoms with E-state index >= 15 is 0 Å². The van der Waals surface area contributed by atoms with Crippen LogP contribution in [0.15, 0.2) is 57.7 Å². The molecule has 1 heterocycles. The second-order valence-electron chi connectivity index (χ2n) is 13.9. The lowest BCUT2D eigenvalue weighted by Crippen LogP contribution is -2.34. The van der Waals surface area contributed by atoms with Crippen molar-refractivity contribution in [2.75, 3.05) is 0 Å². The van der Waals surface area contributed by atoms with Crippen molar-refractivity contribution in [3.05, 3.63) is 58.9 Å². The number of aromatic nitrogens is 1. The molecule has 0 N–H and O–H groups in total. The molecule has 0 bridgehead atoms. The summed E-state index contributed by atoms with van der Waals surface area (Å²) in [7, 11) is 0. The highest BCUT2D eigenvalue weighted by Crippen LogP contribution is 2.36. The third kappa shape index (κ3) is 8.34. The maximum absolute atomic E-state index is 13.2. The Morgan fingerprint density at radius 3 is 1.88 bits per heavy atom. The van der Waals surface area contributed by atoms with Crippen LogP contribution in [0.1, 0.15) is 103 Å². The van der Waals surface area contributed by atoms with Gasteiger partial charge >= 0.3 is 17.9 Å². The molecule has 48 heavy (non-hydrogen) atoms. The summed E-state index contributed by atoms with van der Waals surface area (Å²) in [4.78, 5) is 55.7. The summed E-state index contributed by atoms with van der Waals surface area (Å²) in [5, 5.41) is 0.381. The van der Waals surface area contributed by atoms with Crippen molar-refractivity contribution >= 4 is 28.9 Å². The normalized spacial score (nSPS) is 26.0. The van der Waals surface area contributed by atoms with E-state index in [0.29, 0.717) is 67.9 Å². The zero-order chi connectivity index (χ0) is 33.5. The molecule has 0 unspecified atom stereocenters. The Morgan fingerprint density at radius 2 is 1.25 bits per heavy atom. The van der Waals surface area contributed by atoms with Crippen LogP contribution in [0.4, 0.5) is 0 Å². The highest BCUT2D eigenvalue weighted by atomic mass is 16.6. The predicted octanol–water partition coefficient (Wildman–Crippen LogP) is 7.96. The quantitative estimate of drug-likeness (QED) is 0.158. The van der Waals surface area contributed by atoms with Crippen molar-refractivity contribution in [1.29, 1.82) is 0 Å². The number of fused-ring (bicyclic) bond motifs is 1. The monoisotopic (exact) mass is 657 g/mol. The zero-order valence-corrected chi connectivity index (χ0v) is 27.9. The fourth-order valence-electron chi connectivity index (χ4n) is 7.58. The average molecular weight is 658 g/mol. The van der Waals surface area contributed by atoms with Crippen LogP contribution < -0.4 is 10.3 Å². The van der Waals surface area contributed by atoms with Crippen LogP contribution in [0.2, 0.25) is 0 Å². The molecule has 0 amide bonds. The third-order valence-corrected chi connectivity index (χ3v) is 10.6. The van der Waals surface area contributed by atoms with Gasteiger partial charge < -0.3 is 18.6 Å². The van der Waals surface area contributed by atoms with Gasteiger partial charge in [0.2, 0.25) is 5.89 Å². The summed E-state index contributed by atoms with van der Waals surface area (Å²) >= 11 is 0. The minimum absolute atomic E-state index is 0.0249. The molecule has 3 aliphatic carbocycles. The molecule has 0 saturated heterocycles. The summed E-state index contributed by atoms with van der Waals surface area (Å²) in [5.74, 6) is 0.0267. The molecular formula is C39H47NO8. The van der Waals surface area contributed by atoms with Gasteiger partial charge in [-0.1, -0.05) is 50.5 Å². The molecule has 9 nitrogen and oxygen atoms in total. The van der Waals surface area contributed by atoms with E-state index < -0.39 is 5.56 Å². The van der Waals surface area contributed by atoms with Crippen LogP contribution in [0.25, 0.3) is 22.4 Å². The van der Waals surface area contributed by atoms with Crippen LogP contribution in [-0.2, 0) is 23.9 Å². The van der Waals surface area contributed by atoms with E-state index in [-0.39, 0.29) is 59.5 Å². The highest BCUT2D eigenvalue weighted by molar-refractivity contribution is 5.80. The van der Waals surface area contributed by atoms with Gasteiger partial charge in [0.1, 0.15) is 23.5 Å². The topological polar surface area (TPSA) is 122 Å². The number of unbranched alkanes of at least 4 members (excludes halogenated alkanes) is 1. The van der Waals surface area contributed by atoms with Crippen molar-refractivity contribution in [2.24, 2.45) is 23.7 Å². The molecule has 0 aliphatic heterocycles. The Bertz CT molecular complexity index is 1620. The number of para-hydroxylation sites is 2. The van der Waals surface area contributed by atoms with Gasteiger partial charge in [-0.25, -0.2) is 0 Å². The van der Waals surface area contributed by atoms with Crippen molar-refractivity contribution in [3.63, 3.8) is 0 Å². The molecule has 3 aromatic rings. The lowest BCUT2D eigenvalue weighted by atomic mass is 9.80. The summed E-state index contributed by atoms with van der Waals surface area (Å²) in [6, 6.07) is 13.8. The minimum atomic E-state index is -0.414. The molecule has 1 aromatic heterocycles. The Kier molecular flexibility index (Phi) is 11.2. The second-order valence-corrected chi connectivity index (χ2v) is 13.9. The molecule has 256 valence electrons. The first-order valence-electron chi connectivity index (χ1n) is 18.0. The van der Waals surface area contributed by atoms with Gasteiger partial charge in [0.25, 0.3) is 5.56 Å². The van der Waals surface area contributed by atoms with E-state index in [1.807, 2.05) is 0 Å². The maximum atomic E-state index is 13.2. The smallest absolute Gasteiger partial charge is 0.314 e. The number of nitrogens with zero attached hydrogens (tertiary/aromatic N) is 1. The van der Waals surface area contributed by atoms with Crippen LogP contribution in [0.3, 0.4) is 0 Å². The second kappa shape index (κ2) is 15.9. The van der Waals surface area contributed by atoms with Crippen LogP contribution in [-0.4, -0.2) is 35.1 Å². The summed E-state index contributed by atoms with van der Waals surface area (Å²) in [6.07, 6.45) is 12.5. The summed E-state index contributed by atoms with van der Waals surface area (Å²) in [6.45, 7) is 2.22. The number of ether oxygens (including phenoxy) is 3. The van der Waals surface area contributed by atoms with Gasteiger partial charge in [-0.05, 0) is 107 Å². The number of rotatable bonds is 10. The van der Waals surface area contributed by atoms with E-state index in [9.17, 15) is 19.2 Å². The van der Waals surface area contributed by atoms with Gasteiger partial charge in [-0.15, -0.1) is 0 Å². The van der Waals surface area contributed by atoms with Crippen molar-refractivity contribution < 1.29 is 33.0 Å². The molecule has 0 radical (unpaired) electrons. The van der Waals surface area contributed by atoms with Crippen LogP contribution >= 0.6 is 0 Å². The number of esters is 3. The first-order chi connectivity index (χ1) is 23.4. The molecule has 2 aromatic carbocycles. The fraction of sp³-hybridized carbons (Fsp3) is 0.564. The molecule has 3 fully saturated rings. The summed E-state index contributed by atoms with van der Waals surface area (Å²) < 4.78 is 23.5. The molecular weight excluding hydrogens is 610 g/mol. The van der Waals surface area contributed by atoms with E-state index in [4.69, 9.17) is 18.6 Å². The Balaban J connectivity index is 0.929. The number of hydrogen-bond acceptors (Lipinski definition) is 9. The third-order valence-electron chi connectivity index (χ3n) is 10.6. The Labute approximate surface area is 281 Å². The fourth-order valence-corrected chi connectivity index (χ4v) is 7.58. The van der Waals surface area contributed by atoms with Gasteiger partial charge in [-0.3, -0.25) is 19.2 Å². The molecule has 9 heteroatoms. The first kappa shape index (κ1) is 33.9. The lowest BCUT2D eigenvalue weighted by molar-refractivity contribution is -0.162. The highest BCUT2D eigenvalue weighted by Gasteiger charge is 2.35. The van der Waals surface area contributed by atoms with Gasteiger partial charge in [-0.2, -0.15) is 4.98 Å². The van der Waals surface area contributed by atoms with E-state index in [2.05, 4.69) is 11.9 Å². The average Bonchev–Trinajstić information content (AvgIpc) is 3.11. The molecule has 3 aliphatic rings. The minimum Gasteiger partial charge on any atom is -0.462 e. The SMILES string of the molecule is CCCCC1CCC(C(=O)OC2CCC(C(=O)OC3CCC(C(=O)Oc4ccccc4-c4nc(=O)c5ccccc5o4)CC3)CC2)CC1.